The Morgan fingerprint density at radius 2 is 2.35 bits per heavy atom. The van der Waals surface area contributed by atoms with Crippen LogP contribution in [0.2, 0.25) is 0 Å². The molecule has 0 radical (unpaired) electrons. The molecule has 17 heavy (non-hydrogen) atoms. The van der Waals surface area contributed by atoms with Crippen LogP contribution in [-0.4, -0.2) is 22.2 Å². The Hall–Kier alpha value is -0.190. The molecular formula is C13H15BrO2S. The van der Waals surface area contributed by atoms with Crippen molar-refractivity contribution in [3.8, 4) is 5.75 Å². The lowest BCUT2D eigenvalue weighted by molar-refractivity contribution is -0.00558. The van der Waals surface area contributed by atoms with Gasteiger partial charge in [-0.2, -0.15) is 11.8 Å². The zero-order valence-electron chi connectivity index (χ0n) is 9.49. The Balaban J connectivity index is 1.95. The first-order valence-electron chi connectivity index (χ1n) is 5.93. The first kappa shape index (κ1) is 11.9. The van der Waals surface area contributed by atoms with Crippen molar-refractivity contribution in [1.29, 1.82) is 0 Å². The second-order valence-corrected chi connectivity index (χ2v) is 6.86. The van der Waals surface area contributed by atoms with E-state index in [-0.39, 0.29) is 11.7 Å². The fraction of sp³-hybridized carbons (Fsp3) is 0.538. The van der Waals surface area contributed by atoms with Crippen LogP contribution < -0.4 is 4.74 Å². The molecule has 0 amide bonds. The number of hydrogen-bond donors (Lipinski definition) is 1. The topological polar surface area (TPSA) is 29.5 Å². The van der Waals surface area contributed by atoms with E-state index in [0.29, 0.717) is 0 Å². The second-order valence-electron chi connectivity index (χ2n) is 4.84. The van der Waals surface area contributed by atoms with Crippen molar-refractivity contribution in [2.24, 2.45) is 0 Å². The normalized spacial score (nSPS) is 32.0. The number of thioether (sulfide) groups is 1. The van der Waals surface area contributed by atoms with Gasteiger partial charge in [0.1, 0.15) is 11.4 Å². The molecule has 2 atom stereocenters. The fourth-order valence-corrected chi connectivity index (χ4v) is 4.20. The van der Waals surface area contributed by atoms with Crippen LogP contribution in [-0.2, 0) is 0 Å². The van der Waals surface area contributed by atoms with E-state index in [9.17, 15) is 5.11 Å². The quantitative estimate of drug-likeness (QED) is 0.794. The highest BCUT2D eigenvalue weighted by Crippen LogP contribution is 2.45. The number of ether oxygens (including phenoxy) is 1. The van der Waals surface area contributed by atoms with Crippen LogP contribution in [0.15, 0.2) is 22.7 Å². The minimum absolute atomic E-state index is 0.143. The maximum atomic E-state index is 10.3. The van der Waals surface area contributed by atoms with Crippen LogP contribution in [0.3, 0.4) is 0 Å². The summed E-state index contributed by atoms with van der Waals surface area (Å²) in [6, 6.07) is 5.88. The number of aliphatic hydroxyl groups is 1. The van der Waals surface area contributed by atoms with E-state index in [1.807, 2.05) is 30.0 Å². The van der Waals surface area contributed by atoms with E-state index in [0.717, 1.165) is 34.4 Å². The fourth-order valence-electron chi connectivity index (χ4n) is 2.68. The second kappa shape index (κ2) is 4.48. The molecule has 1 spiro atoms. The predicted molar refractivity (Wildman–Crippen MR) is 73.6 cm³/mol. The molecule has 0 aliphatic carbocycles. The highest BCUT2D eigenvalue weighted by Gasteiger charge is 2.41. The molecule has 92 valence electrons. The Bertz CT molecular complexity index is 429. The van der Waals surface area contributed by atoms with Gasteiger partial charge >= 0.3 is 0 Å². The van der Waals surface area contributed by atoms with E-state index in [4.69, 9.17) is 4.74 Å². The van der Waals surface area contributed by atoms with Crippen molar-refractivity contribution < 1.29 is 9.84 Å². The minimum atomic E-state index is -0.384. The zero-order valence-corrected chi connectivity index (χ0v) is 11.9. The van der Waals surface area contributed by atoms with Crippen LogP contribution in [0.25, 0.3) is 0 Å². The smallest absolute Gasteiger partial charge is 0.127 e. The zero-order chi connectivity index (χ0) is 11.9. The molecule has 0 saturated carbocycles. The maximum Gasteiger partial charge on any atom is 0.127 e. The summed E-state index contributed by atoms with van der Waals surface area (Å²) in [6.45, 7) is 0. The van der Waals surface area contributed by atoms with Gasteiger partial charge in [0.15, 0.2) is 0 Å². The summed E-state index contributed by atoms with van der Waals surface area (Å²) < 4.78 is 7.20. The first-order valence-corrected chi connectivity index (χ1v) is 7.88. The van der Waals surface area contributed by atoms with Crippen molar-refractivity contribution in [3.05, 3.63) is 28.2 Å². The van der Waals surface area contributed by atoms with Gasteiger partial charge in [0.2, 0.25) is 0 Å². The van der Waals surface area contributed by atoms with Crippen molar-refractivity contribution in [2.45, 2.75) is 31.0 Å². The molecule has 3 rings (SSSR count). The van der Waals surface area contributed by atoms with E-state index in [1.54, 1.807) is 0 Å². The monoisotopic (exact) mass is 314 g/mol. The lowest BCUT2D eigenvalue weighted by atomic mass is 9.86. The number of fused-ring (bicyclic) bond motifs is 1. The van der Waals surface area contributed by atoms with Crippen LogP contribution in [0.5, 0.6) is 5.75 Å². The van der Waals surface area contributed by atoms with Crippen molar-refractivity contribution >= 4 is 27.7 Å². The van der Waals surface area contributed by atoms with Crippen molar-refractivity contribution in [1.82, 2.24) is 0 Å². The van der Waals surface area contributed by atoms with Gasteiger partial charge < -0.3 is 9.84 Å². The van der Waals surface area contributed by atoms with Gasteiger partial charge in [-0.05, 0) is 30.7 Å². The molecule has 4 heteroatoms. The third kappa shape index (κ3) is 2.23. The largest absolute Gasteiger partial charge is 0.486 e. The summed E-state index contributed by atoms with van der Waals surface area (Å²) >= 11 is 5.39. The first-order chi connectivity index (χ1) is 8.19. The van der Waals surface area contributed by atoms with Gasteiger partial charge in [-0.25, -0.2) is 0 Å². The number of halogens is 1. The molecule has 0 aromatic heterocycles. The van der Waals surface area contributed by atoms with Gasteiger partial charge in [0, 0.05) is 22.2 Å². The van der Waals surface area contributed by atoms with Crippen LogP contribution in [0.4, 0.5) is 0 Å². The van der Waals surface area contributed by atoms with Gasteiger partial charge in [0.25, 0.3) is 0 Å². The van der Waals surface area contributed by atoms with Crippen molar-refractivity contribution in [2.75, 3.05) is 11.5 Å². The summed E-state index contributed by atoms with van der Waals surface area (Å²) in [5.41, 5.74) is 0.783. The molecule has 1 saturated heterocycles. The van der Waals surface area contributed by atoms with Gasteiger partial charge in [-0.3, -0.25) is 0 Å². The maximum absolute atomic E-state index is 10.3. The number of rotatable bonds is 0. The predicted octanol–water partition coefficient (Wildman–Crippen LogP) is 3.53. The van der Waals surface area contributed by atoms with E-state index in [2.05, 4.69) is 15.9 Å². The molecule has 2 heterocycles. The van der Waals surface area contributed by atoms with E-state index >= 15 is 0 Å². The molecule has 1 unspecified atom stereocenters. The van der Waals surface area contributed by atoms with E-state index < -0.39 is 0 Å². The SMILES string of the molecule is O[C@H]1CC2(CCCSC2)Oc2cc(Br)ccc21. The molecule has 1 aromatic rings. The van der Waals surface area contributed by atoms with Gasteiger partial charge in [-0.15, -0.1) is 0 Å². The molecule has 2 nitrogen and oxygen atoms in total. The lowest BCUT2D eigenvalue weighted by Crippen LogP contribution is -2.45. The molecule has 2 aliphatic rings. The summed E-state index contributed by atoms with van der Waals surface area (Å²) in [4.78, 5) is 0. The van der Waals surface area contributed by atoms with Crippen LogP contribution in [0.1, 0.15) is 30.9 Å². The average molecular weight is 315 g/mol. The summed E-state index contributed by atoms with van der Waals surface area (Å²) in [6.07, 6.45) is 2.59. The Kier molecular flexibility index (Phi) is 3.13. The average Bonchev–Trinajstić information content (AvgIpc) is 2.29. The lowest BCUT2D eigenvalue weighted by Gasteiger charge is -2.42. The number of hydrogen-bond acceptors (Lipinski definition) is 3. The Morgan fingerprint density at radius 3 is 3.12 bits per heavy atom. The molecular weight excluding hydrogens is 300 g/mol. The van der Waals surface area contributed by atoms with Crippen molar-refractivity contribution in [3.63, 3.8) is 0 Å². The molecule has 1 N–H and O–H groups in total. The minimum Gasteiger partial charge on any atom is -0.486 e. The van der Waals surface area contributed by atoms with Crippen LogP contribution in [0, 0.1) is 0 Å². The Morgan fingerprint density at radius 1 is 1.47 bits per heavy atom. The van der Waals surface area contributed by atoms with E-state index in [1.165, 1.54) is 12.2 Å². The molecule has 0 bridgehead atoms. The van der Waals surface area contributed by atoms with Gasteiger partial charge in [-0.1, -0.05) is 22.0 Å². The standard InChI is InChI=1S/C13H15BrO2S/c14-9-2-3-10-11(15)7-13(16-12(10)6-9)4-1-5-17-8-13/h2-3,6,11,15H,1,4-5,7-8H2/t11-,13?/m0/s1. The molecule has 2 aliphatic heterocycles. The number of benzene rings is 1. The third-order valence-corrected chi connectivity index (χ3v) is 5.31. The summed E-state index contributed by atoms with van der Waals surface area (Å²) in [5.74, 6) is 3.06. The van der Waals surface area contributed by atoms with Gasteiger partial charge in [0.05, 0.1) is 6.10 Å². The highest BCUT2D eigenvalue weighted by atomic mass is 79.9. The molecule has 1 fully saturated rings. The summed E-state index contributed by atoms with van der Waals surface area (Å²) in [7, 11) is 0. The Labute approximate surface area is 114 Å². The molecule has 1 aromatic carbocycles. The summed E-state index contributed by atoms with van der Waals surface area (Å²) in [5, 5.41) is 10.3. The number of aliphatic hydroxyl groups excluding tert-OH is 1. The third-order valence-electron chi connectivity index (χ3n) is 3.51. The highest BCUT2D eigenvalue weighted by molar-refractivity contribution is 9.10. The van der Waals surface area contributed by atoms with Crippen LogP contribution >= 0.6 is 27.7 Å².